The number of carbonyl (C=O) groups excluding carboxylic acids is 1. The number of amides is 1. The Kier molecular flexibility index (Phi) is 4.32. The van der Waals surface area contributed by atoms with E-state index < -0.39 is 4.92 Å². The molecule has 0 fully saturated rings. The van der Waals surface area contributed by atoms with Crippen molar-refractivity contribution in [3.8, 4) is 0 Å². The van der Waals surface area contributed by atoms with E-state index in [0.717, 1.165) is 5.56 Å². The molecular weight excluding hydrogens is 342 g/mol. The highest BCUT2D eigenvalue weighted by molar-refractivity contribution is 9.10. The molecule has 21 heavy (non-hydrogen) atoms. The van der Waals surface area contributed by atoms with Crippen molar-refractivity contribution in [2.45, 2.75) is 20.4 Å². The summed E-state index contributed by atoms with van der Waals surface area (Å²) >= 11 is 3.10. The third kappa shape index (κ3) is 3.43. The normalized spacial score (nSPS) is 10.4. The first-order valence-electron chi connectivity index (χ1n) is 5.98. The maximum absolute atomic E-state index is 11.9. The quantitative estimate of drug-likeness (QED) is 0.670. The van der Waals surface area contributed by atoms with Crippen LogP contribution < -0.4 is 5.32 Å². The van der Waals surface area contributed by atoms with Gasteiger partial charge in [0.25, 0.3) is 0 Å². The summed E-state index contributed by atoms with van der Waals surface area (Å²) in [7, 11) is 0. The summed E-state index contributed by atoms with van der Waals surface area (Å²) in [5.41, 5.74) is 1.48. The van der Waals surface area contributed by atoms with Gasteiger partial charge in [-0.15, -0.1) is 0 Å². The Hall–Kier alpha value is -2.29. The number of nitrogens with one attached hydrogen (secondary N) is 1. The van der Waals surface area contributed by atoms with Crippen molar-refractivity contribution < 1.29 is 9.72 Å². The zero-order chi connectivity index (χ0) is 15.6. The highest BCUT2D eigenvalue weighted by Crippen LogP contribution is 2.26. The Bertz CT molecular complexity index is 713. The largest absolute Gasteiger partial charge is 0.404 e. The van der Waals surface area contributed by atoms with Crippen molar-refractivity contribution in [3.63, 3.8) is 0 Å². The van der Waals surface area contributed by atoms with E-state index in [4.69, 9.17) is 0 Å². The van der Waals surface area contributed by atoms with Crippen LogP contribution in [-0.2, 0) is 11.3 Å². The number of hydrogen-bond acceptors (Lipinski definition) is 5. The molecule has 0 aliphatic rings. The van der Waals surface area contributed by atoms with Gasteiger partial charge in [0.15, 0.2) is 0 Å². The number of hydrogen-bond donors (Lipinski definition) is 1. The maximum atomic E-state index is 11.9. The number of anilines is 1. The molecule has 0 radical (unpaired) electrons. The summed E-state index contributed by atoms with van der Waals surface area (Å²) in [5.74, 6) is -0.242. The Morgan fingerprint density at radius 3 is 2.81 bits per heavy atom. The van der Waals surface area contributed by atoms with Crippen molar-refractivity contribution in [1.29, 1.82) is 0 Å². The number of pyridine rings is 1. The predicted molar refractivity (Wildman–Crippen MR) is 78.9 cm³/mol. The van der Waals surface area contributed by atoms with Crippen molar-refractivity contribution in [2.24, 2.45) is 0 Å². The first kappa shape index (κ1) is 15.1. The summed E-state index contributed by atoms with van der Waals surface area (Å²) in [6.45, 7) is 3.39. The Labute approximate surface area is 128 Å². The van der Waals surface area contributed by atoms with Crippen LogP contribution in [0.2, 0.25) is 0 Å². The van der Waals surface area contributed by atoms with Crippen LogP contribution in [0.3, 0.4) is 0 Å². The third-order valence-corrected chi connectivity index (χ3v) is 3.69. The molecule has 1 amide bonds. The molecule has 2 heterocycles. The van der Waals surface area contributed by atoms with Gasteiger partial charge in [0.1, 0.15) is 16.8 Å². The van der Waals surface area contributed by atoms with Gasteiger partial charge in [-0.2, -0.15) is 4.68 Å². The van der Waals surface area contributed by atoms with Crippen LogP contribution in [0, 0.1) is 24.0 Å². The van der Waals surface area contributed by atoms with Crippen LogP contribution in [0.1, 0.15) is 11.3 Å². The van der Waals surface area contributed by atoms with Crippen LogP contribution in [-0.4, -0.2) is 25.6 Å². The first-order valence-corrected chi connectivity index (χ1v) is 6.77. The molecule has 0 saturated carbocycles. The average Bonchev–Trinajstić information content (AvgIpc) is 2.67. The fourth-order valence-corrected chi connectivity index (χ4v) is 2.13. The lowest BCUT2D eigenvalue weighted by atomic mass is 10.3. The van der Waals surface area contributed by atoms with Gasteiger partial charge in [-0.05, 0) is 52.4 Å². The van der Waals surface area contributed by atoms with Crippen molar-refractivity contribution in [2.75, 3.05) is 5.32 Å². The fraction of sp³-hybridized carbons (Fsp3) is 0.250. The number of rotatable bonds is 4. The number of aromatic nitrogens is 3. The van der Waals surface area contributed by atoms with Crippen LogP contribution in [0.4, 0.5) is 11.6 Å². The fourth-order valence-electron chi connectivity index (χ4n) is 1.70. The predicted octanol–water partition coefficient (Wildman–Crippen LogP) is 2.20. The standard InChI is InChI=1S/C12H12BrN5O3/c1-7-3-4-14-9(5-7)15-10(19)6-17-8(2)11(13)12(16-17)18(20)21/h3-5H,6H2,1-2H3,(H,14,15,19). The highest BCUT2D eigenvalue weighted by Gasteiger charge is 2.24. The van der Waals surface area contributed by atoms with Crippen molar-refractivity contribution in [1.82, 2.24) is 14.8 Å². The molecular formula is C12H12BrN5O3. The molecule has 2 aromatic rings. The second-order valence-corrected chi connectivity index (χ2v) is 5.20. The smallest absolute Gasteiger partial charge is 0.358 e. The number of aryl methyl sites for hydroxylation is 1. The second-order valence-electron chi connectivity index (χ2n) is 4.40. The summed E-state index contributed by atoms with van der Waals surface area (Å²) in [6, 6.07) is 3.54. The number of carbonyl (C=O) groups is 1. The average molecular weight is 354 g/mol. The minimum atomic E-state index is -0.604. The molecule has 2 rings (SSSR count). The summed E-state index contributed by atoms with van der Waals surface area (Å²) < 4.78 is 1.54. The molecule has 0 aliphatic heterocycles. The zero-order valence-corrected chi connectivity index (χ0v) is 12.9. The first-order chi connectivity index (χ1) is 9.88. The molecule has 0 unspecified atom stereocenters. The Balaban J connectivity index is 2.13. The third-order valence-electron chi connectivity index (χ3n) is 2.77. The molecule has 1 N–H and O–H groups in total. The van der Waals surface area contributed by atoms with Crippen LogP contribution in [0.25, 0.3) is 0 Å². The van der Waals surface area contributed by atoms with Crippen LogP contribution in [0.5, 0.6) is 0 Å². The van der Waals surface area contributed by atoms with E-state index in [1.54, 1.807) is 19.2 Å². The summed E-state index contributed by atoms with van der Waals surface area (Å²) in [6.07, 6.45) is 1.59. The van der Waals surface area contributed by atoms with Crippen LogP contribution >= 0.6 is 15.9 Å². The minimum absolute atomic E-state index is 0.131. The highest BCUT2D eigenvalue weighted by atomic mass is 79.9. The summed E-state index contributed by atoms with van der Waals surface area (Å²) in [4.78, 5) is 26.1. The van der Waals surface area contributed by atoms with E-state index >= 15 is 0 Å². The van der Waals surface area contributed by atoms with Gasteiger partial charge in [-0.1, -0.05) is 0 Å². The molecule has 0 aliphatic carbocycles. The van der Waals surface area contributed by atoms with Gasteiger partial charge in [-0.3, -0.25) is 4.79 Å². The molecule has 0 bridgehead atoms. The lowest BCUT2D eigenvalue weighted by Gasteiger charge is -2.04. The van der Waals surface area contributed by atoms with E-state index in [1.807, 2.05) is 13.0 Å². The van der Waals surface area contributed by atoms with E-state index in [9.17, 15) is 14.9 Å². The van der Waals surface area contributed by atoms with Crippen molar-refractivity contribution >= 4 is 33.5 Å². The molecule has 0 aromatic carbocycles. The second kappa shape index (κ2) is 6.00. The van der Waals surface area contributed by atoms with E-state index in [-0.39, 0.29) is 22.7 Å². The SMILES string of the molecule is Cc1ccnc(NC(=O)Cn2nc([N+](=O)[O-])c(Br)c2C)c1. The molecule has 8 nitrogen and oxygen atoms in total. The number of nitro groups is 1. The number of halogens is 1. The molecule has 9 heteroatoms. The van der Waals surface area contributed by atoms with Crippen molar-refractivity contribution in [3.05, 3.63) is 44.2 Å². The van der Waals surface area contributed by atoms with Gasteiger partial charge >= 0.3 is 5.82 Å². The van der Waals surface area contributed by atoms with E-state index in [0.29, 0.717) is 11.5 Å². The molecule has 0 atom stereocenters. The minimum Gasteiger partial charge on any atom is -0.358 e. The molecule has 110 valence electrons. The Morgan fingerprint density at radius 1 is 1.52 bits per heavy atom. The lowest BCUT2D eigenvalue weighted by molar-refractivity contribution is -0.390. The van der Waals surface area contributed by atoms with Gasteiger partial charge < -0.3 is 15.4 Å². The zero-order valence-electron chi connectivity index (χ0n) is 11.3. The molecule has 0 saturated heterocycles. The van der Waals surface area contributed by atoms with Crippen LogP contribution in [0.15, 0.2) is 22.8 Å². The number of nitrogens with zero attached hydrogens (tertiary/aromatic N) is 4. The van der Waals surface area contributed by atoms with E-state index in [2.05, 4.69) is 31.3 Å². The van der Waals surface area contributed by atoms with Gasteiger partial charge in [0.2, 0.25) is 5.91 Å². The molecule has 2 aromatic heterocycles. The Morgan fingerprint density at radius 2 is 2.24 bits per heavy atom. The van der Waals surface area contributed by atoms with Gasteiger partial charge in [0.05, 0.1) is 10.8 Å². The monoisotopic (exact) mass is 353 g/mol. The lowest BCUT2D eigenvalue weighted by Crippen LogP contribution is -2.20. The summed E-state index contributed by atoms with van der Waals surface area (Å²) in [5, 5.41) is 17.2. The topological polar surface area (TPSA) is 103 Å². The van der Waals surface area contributed by atoms with E-state index in [1.165, 1.54) is 4.68 Å². The van der Waals surface area contributed by atoms with Gasteiger partial charge in [0, 0.05) is 6.20 Å². The maximum Gasteiger partial charge on any atom is 0.404 e. The van der Waals surface area contributed by atoms with Gasteiger partial charge in [-0.25, -0.2) is 4.98 Å². The molecule has 0 spiro atoms.